The maximum absolute atomic E-state index is 12.9. The number of methoxy groups -OCH3 is 1. The van der Waals surface area contributed by atoms with Gasteiger partial charge in [0.15, 0.2) is 5.75 Å². The van der Waals surface area contributed by atoms with Crippen LogP contribution in [0.3, 0.4) is 0 Å². The number of carbonyl (C=O) groups is 1. The summed E-state index contributed by atoms with van der Waals surface area (Å²) >= 11 is 0. The molecule has 3 aromatic rings. The Morgan fingerprint density at radius 1 is 1.25 bits per heavy atom. The smallest absolute Gasteiger partial charge is 0.260 e. The Kier molecular flexibility index (Phi) is 4.46. The lowest BCUT2D eigenvalue weighted by Crippen LogP contribution is -2.22. The van der Waals surface area contributed by atoms with Gasteiger partial charge in [0.1, 0.15) is 0 Å². The molecule has 1 aliphatic heterocycles. The zero-order valence-corrected chi connectivity index (χ0v) is 16.3. The maximum atomic E-state index is 12.9. The minimum atomic E-state index is -0.0538. The first-order valence-corrected chi connectivity index (χ1v) is 9.00. The fourth-order valence-electron chi connectivity index (χ4n) is 3.37. The topological polar surface area (TPSA) is 82.4 Å². The Morgan fingerprint density at radius 2 is 2.07 bits per heavy atom. The molecule has 4 heterocycles. The Morgan fingerprint density at radius 3 is 2.75 bits per heavy atom. The molecule has 0 fully saturated rings. The number of rotatable bonds is 5. The molecule has 8 heteroatoms. The molecule has 0 saturated heterocycles. The number of aromatic nitrogens is 4. The fraction of sp³-hybridized carbons (Fsp3) is 0.300. The monoisotopic (exact) mass is 379 g/mol. The quantitative estimate of drug-likeness (QED) is 0.678. The lowest BCUT2D eigenvalue weighted by atomic mass is 10.1. The van der Waals surface area contributed by atoms with Crippen LogP contribution in [0.15, 0.2) is 30.7 Å². The standard InChI is InChI=1S/C20H21N5O3/c1-5-28-19-17(27-4)7-13(8-21-19)15-6-12(2)18-16(23-15)11-25(20(18)26)14-9-22-24(3)10-14/h6-10H,5,11H2,1-4H3. The average Bonchev–Trinajstić information content (AvgIpc) is 3.25. The largest absolute Gasteiger partial charge is 0.491 e. The lowest BCUT2D eigenvalue weighted by Gasteiger charge is -2.11. The summed E-state index contributed by atoms with van der Waals surface area (Å²) in [6.07, 6.45) is 5.21. The maximum Gasteiger partial charge on any atom is 0.260 e. The van der Waals surface area contributed by atoms with Crippen molar-refractivity contribution in [3.05, 3.63) is 47.5 Å². The number of amides is 1. The second-order valence-electron chi connectivity index (χ2n) is 6.57. The Bertz CT molecular complexity index is 1060. The summed E-state index contributed by atoms with van der Waals surface area (Å²) in [5, 5.41) is 4.16. The van der Waals surface area contributed by atoms with Crippen LogP contribution >= 0.6 is 0 Å². The van der Waals surface area contributed by atoms with Crippen molar-refractivity contribution >= 4 is 11.6 Å². The van der Waals surface area contributed by atoms with Crippen molar-refractivity contribution in [3.8, 4) is 22.9 Å². The van der Waals surface area contributed by atoms with Gasteiger partial charge in [0.2, 0.25) is 0 Å². The van der Waals surface area contributed by atoms with Crippen molar-refractivity contribution in [2.75, 3.05) is 18.6 Å². The predicted molar refractivity (Wildman–Crippen MR) is 104 cm³/mol. The van der Waals surface area contributed by atoms with Crippen LogP contribution < -0.4 is 14.4 Å². The highest BCUT2D eigenvalue weighted by Crippen LogP contribution is 2.34. The van der Waals surface area contributed by atoms with E-state index in [0.717, 1.165) is 28.2 Å². The van der Waals surface area contributed by atoms with Crippen LogP contribution in [0.25, 0.3) is 11.3 Å². The molecule has 0 radical (unpaired) electrons. The first-order valence-electron chi connectivity index (χ1n) is 9.00. The van der Waals surface area contributed by atoms with Crippen LogP contribution in [0.5, 0.6) is 11.6 Å². The summed E-state index contributed by atoms with van der Waals surface area (Å²) in [7, 11) is 3.40. The summed E-state index contributed by atoms with van der Waals surface area (Å²) < 4.78 is 12.5. The molecule has 0 aliphatic carbocycles. The lowest BCUT2D eigenvalue weighted by molar-refractivity contribution is 0.0996. The third kappa shape index (κ3) is 2.96. The summed E-state index contributed by atoms with van der Waals surface area (Å²) in [6, 6.07) is 3.75. The van der Waals surface area contributed by atoms with E-state index in [1.807, 2.05) is 39.2 Å². The SMILES string of the molecule is CCOc1ncc(-c2cc(C)c3c(n2)CN(c2cnn(C)c2)C3=O)cc1OC. The normalized spacial score (nSPS) is 13.0. The van der Waals surface area contributed by atoms with E-state index in [1.54, 1.807) is 29.1 Å². The van der Waals surface area contributed by atoms with Gasteiger partial charge in [0.05, 0.1) is 49.1 Å². The van der Waals surface area contributed by atoms with E-state index < -0.39 is 0 Å². The van der Waals surface area contributed by atoms with E-state index in [1.165, 1.54) is 0 Å². The van der Waals surface area contributed by atoms with E-state index in [-0.39, 0.29) is 5.91 Å². The number of nitrogens with zero attached hydrogens (tertiary/aromatic N) is 5. The van der Waals surface area contributed by atoms with E-state index >= 15 is 0 Å². The van der Waals surface area contributed by atoms with Gasteiger partial charge in [-0.15, -0.1) is 0 Å². The van der Waals surface area contributed by atoms with Gasteiger partial charge in [-0.05, 0) is 31.5 Å². The molecule has 1 amide bonds. The zero-order valence-electron chi connectivity index (χ0n) is 16.3. The second kappa shape index (κ2) is 6.95. The Labute approximate surface area is 162 Å². The highest BCUT2D eigenvalue weighted by atomic mass is 16.5. The molecule has 0 spiro atoms. The van der Waals surface area contributed by atoms with Crippen molar-refractivity contribution < 1.29 is 14.3 Å². The van der Waals surface area contributed by atoms with Gasteiger partial charge in [-0.25, -0.2) is 4.98 Å². The first kappa shape index (κ1) is 18.0. The minimum absolute atomic E-state index is 0.0538. The van der Waals surface area contributed by atoms with E-state index in [2.05, 4.69) is 10.1 Å². The number of anilines is 1. The minimum Gasteiger partial charge on any atom is -0.491 e. The molecule has 28 heavy (non-hydrogen) atoms. The third-order valence-electron chi connectivity index (χ3n) is 4.68. The van der Waals surface area contributed by atoms with Crippen molar-refractivity contribution in [1.29, 1.82) is 0 Å². The highest BCUT2D eigenvalue weighted by molar-refractivity contribution is 6.10. The number of aryl methyl sites for hydroxylation is 2. The van der Waals surface area contributed by atoms with Gasteiger partial charge in [-0.1, -0.05) is 0 Å². The zero-order chi connectivity index (χ0) is 19.8. The van der Waals surface area contributed by atoms with Gasteiger partial charge in [-0.3, -0.25) is 19.4 Å². The molecule has 0 unspecified atom stereocenters. The molecule has 0 aromatic carbocycles. The van der Waals surface area contributed by atoms with E-state index in [9.17, 15) is 4.79 Å². The van der Waals surface area contributed by atoms with Crippen LogP contribution in [0.4, 0.5) is 5.69 Å². The van der Waals surface area contributed by atoms with Crippen molar-refractivity contribution in [3.63, 3.8) is 0 Å². The molecule has 4 rings (SSSR count). The highest BCUT2D eigenvalue weighted by Gasteiger charge is 2.32. The summed E-state index contributed by atoms with van der Waals surface area (Å²) in [5.41, 5.74) is 4.58. The van der Waals surface area contributed by atoms with Crippen LogP contribution in [-0.4, -0.2) is 39.4 Å². The van der Waals surface area contributed by atoms with Gasteiger partial charge >= 0.3 is 0 Å². The van der Waals surface area contributed by atoms with E-state index in [0.29, 0.717) is 30.3 Å². The summed E-state index contributed by atoms with van der Waals surface area (Å²) in [6.45, 7) is 4.74. The van der Waals surface area contributed by atoms with Gasteiger partial charge in [0.25, 0.3) is 11.8 Å². The molecule has 3 aromatic heterocycles. The Balaban J connectivity index is 1.72. The number of pyridine rings is 2. The van der Waals surface area contributed by atoms with Crippen molar-refractivity contribution in [1.82, 2.24) is 19.7 Å². The third-order valence-corrected chi connectivity index (χ3v) is 4.68. The number of ether oxygens (including phenoxy) is 2. The number of hydrogen-bond donors (Lipinski definition) is 0. The molecular weight excluding hydrogens is 358 g/mol. The molecule has 144 valence electrons. The molecule has 0 bridgehead atoms. The van der Waals surface area contributed by atoms with Crippen molar-refractivity contribution in [2.45, 2.75) is 20.4 Å². The molecular formula is C20H21N5O3. The molecule has 0 saturated carbocycles. The number of carbonyl (C=O) groups excluding carboxylic acids is 1. The molecule has 8 nitrogen and oxygen atoms in total. The van der Waals surface area contributed by atoms with Crippen LogP contribution in [0.2, 0.25) is 0 Å². The second-order valence-corrected chi connectivity index (χ2v) is 6.57. The first-order chi connectivity index (χ1) is 13.5. The van der Waals surface area contributed by atoms with Gasteiger partial charge < -0.3 is 9.47 Å². The fourth-order valence-corrected chi connectivity index (χ4v) is 3.37. The van der Waals surface area contributed by atoms with Crippen LogP contribution in [-0.2, 0) is 13.6 Å². The summed E-state index contributed by atoms with van der Waals surface area (Å²) in [4.78, 5) is 23.7. The van der Waals surface area contributed by atoms with Gasteiger partial charge in [-0.2, -0.15) is 5.10 Å². The van der Waals surface area contributed by atoms with E-state index in [4.69, 9.17) is 14.5 Å². The molecule has 0 N–H and O–H groups in total. The molecule has 0 atom stereocenters. The predicted octanol–water partition coefficient (Wildman–Crippen LogP) is 2.75. The molecule has 1 aliphatic rings. The number of fused-ring (bicyclic) bond motifs is 1. The number of hydrogen-bond acceptors (Lipinski definition) is 6. The average molecular weight is 379 g/mol. The Hall–Kier alpha value is -3.42. The van der Waals surface area contributed by atoms with Crippen LogP contribution in [0, 0.1) is 6.92 Å². The van der Waals surface area contributed by atoms with Gasteiger partial charge in [0, 0.05) is 25.0 Å². The summed E-state index contributed by atoms with van der Waals surface area (Å²) in [5.74, 6) is 0.943. The van der Waals surface area contributed by atoms with Crippen molar-refractivity contribution in [2.24, 2.45) is 7.05 Å². The van der Waals surface area contributed by atoms with Crippen LogP contribution in [0.1, 0.15) is 28.5 Å².